The minimum Gasteiger partial charge on any atom is -0.381 e. The zero-order valence-electron chi connectivity index (χ0n) is 24.2. The molecule has 0 atom stereocenters. The molecular formula is C33H42N4O2. The number of nitrogens with zero attached hydrogens (tertiary/aromatic N) is 4. The van der Waals surface area contributed by atoms with Gasteiger partial charge in [-0.25, -0.2) is 0 Å². The van der Waals surface area contributed by atoms with E-state index in [1.165, 1.54) is 16.7 Å². The number of amides is 1. The molecular weight excluding hydrogens is 484 g/mol. The van der Waals surface area contributed by atoms with Crippen LogP contribution in [-0.4, -0.2) is 51.9 Å². The van der Waals surface area contributed by atoms with Crippen LogP contribution >= 0.6 is 0 Å². The molecule has 2 aliphatic rings. The van der Waals surface area contributed by atoms with Crippen LogP contribution in [0.5, 0.6) is 0 Å². The van der Waals surface area contributed by atoms with Crippen molar-refractivity contribution in [3.8, 4) is 11.3 Å². The fourth-order valence-corrected chi connectivity index (χ4v) is 5.62. The van der Waals surface area contributed by atoms with Gasteiger partial charge >= 0.3 is 0 Å². The summed E-state index contributed by atoms with van der Waals surface area (Å²) in [5.41, 5.74) is 8.92. The second-order valence-electron chi connectivity index (χ2n) is 10.4. The second-order valence-corrected chi connectivity index (χ2v) is 10.4. The summed E-state index contributed by atoms with van der Waals surface area (Å²) in [5, 5.41) is 6.53. The van der Waals surface area contributed by atoms with E-state index in [4.69, 9.17) is 9.72 Å². The van der Waals surface area contributed by atoms with Crippen molar-refractivity contribution in [2.45, 2.75) is 53.4 Å². The molecule has 39 heavy (non-hydrogen) atoms. The maximum Gasteiger partial charge on any atom is 0.219 e. The van der Waals surface area contributed by atoms with E-state index in [0.717, 1.165) is 84.2 Å². The number of carbonyl (C=O) groups is 1. The lowest BCUT2D eigenvalue weighted by Gasteiger charge is -2.33. The molecule has 3 aromatic rings. The maximum absolute atomic E-state index is 12.3. The Hall–Kier alpha value is -3.51. The van der Waals surface area contributed by atoms with Gasteiger partial charge in [0.05, 0.1) is 11.9 Å². The Kier molecular flexibility index (Phi) is 9.18. The smallest absolute Gasteiger partial charge is 0.219 e. The molecule has 6 nitrogen and oxygen atoms in total. The van der Waals surface area contributed by atoms with Gasteiger partial charge in [0, 0.05) is 63.6 Å². The third-order valence-corrected chi connectivity index (χ3v) is 7.95. The summed E-state index contributed by atoms with van der Waals surface area (Å²) in [6.07, 6.45) is 9.56. The Labute approximate surface area is 233 Å². The number of hydrogen-bond donors (Lipinski definition) is 0. The van der Waals surface area contributed by atoms with Crippen LogP contribution in [0.1, 0.15) is 57.6 Å². The number of fused-ring (bicyclic) bond motifs is 1. The third kappa shape index (κ3) is 6.22. The normalized spacial score (nSPS) is 16.2. The van der Waals surface area contributed by atoms with Gasteiger partial charge in [-0.1, -0.05) is 50.3 Å². The summed E-state index contributed by atoms with van der Waals surface area (Å²) in [4.78, 5) is 19.1. The number of benzene rings is 1. The van der Waals surface area contributed by atoms with E-state index in [1.54, 1.807) is 11.6 Å². The molecule has 1 amide bonds. The lowest BCUT2D eigenvalue weighted by atomic mass is 9.82. The van der Waals surface area contributed by atoms with Gasteiger partial charge in [0.25, 0.3) is 0 Å². The molecule has 0 N–H and O–H groups in total. The van der Waals surface area contributed by atoms with Crippen molar-refractivity contribution in [3.63, 3.8) is 0 Å². The van der Waals surface area contributed by atoms with Gasteiger partial charge in [-0.15, -0.1) is 0 Å². The number of ether oxygens (including phenoxy) is 1. The van der Waals surface area contributed by atoms with Crippen LogP contribution in [0.2, 0.25) is 0 Å². The Morgan fingerprint density at radius 2 is 1.87 bits per heavy atom. The Morgan fingerprint density at radius 1 is 1.13 bits per heavy atom. The average molecular weight is 527 g/mol. The Bertz CT molecular complexity index is 1410. The Morgan fingerprint density at radius 3 is 2.54 bits per heavy atom. The van der Waals surface area contributed by atoms with Gasteiger partial charge < -0.3 is 9.64 Å². The van der Waals surface area contributed by atoms with Crippen LogP contribution < -0.4 is 0 Å². The highest BCUT2D eigenvalue weighted by Gasteiger charge is 2.26. The summed E-state index contributed by atoms with van der Waals surface area (Å²) < 4.78 is 7.35. The predicted octanol–water partition coefficient (Wildman–Crippen LogP) is 6.90. The van der Waals surface area contributed by atoms with Crippen LogP contribution in [0.15, 0.2) is 66.7 Å². The molecule has 1 saturated heterocycles. The van der Waals surface area contributed by atoms with Gasteiger partial charge in [-0.05, 0) is 72.3 Å². The van der Waals surface area contributed by atoms with Gasteiger partial charge in [0.15, 0.2) is 0 Å². The number of carbonyl (C=O) groups excluding carboxylic acids is 1. The number of allylic oxidation sites excluding steroid dienone is 1. The second kappa shape index (κ2) is 12.6. The van der Waals surface area contributed by atoms with Crippen LogP contribution in [0, 0.1) is 12.8 Å². The molecule has 206 valence electrons. The summed E-state index contributed by atoms with van der Waals surface area (Å²) in [5.74, 6) is 0.598. The van der Waals surface area contributed by atoms with Crippen LogP contribution in [0.4, 0.5) is 0 Å². The number of rotatable bonds is 6. The monoisotopic (exact) mass is 526 g/mol. The standard InChI is InChI=1S/C31H36N4O2.C2H6/c1-20-6-7-27(29-17-32-31(15-28(20)29)26-16-33-34(5)18-26)22(3)30-19-35(23(4)36)11-8-25(30)14-21(2)24-9-12-37-13-10-24;1-2/h6-7,15-18,24H,2-3,8-14,19H2,1,4-5H3;1-2H3. The Balaban J connectivity index is 0.00000172. The molecule has 4 heterocycles. The van der Waals surface area contributed by atoms with Gasteiger partial charge in [0.1, 0.15) is 0 Å². The van der Waals surface area contributed by atoms with Gasteiger partial charge in [-0.2, -0.15) is 5.10 Å². The first-order valence-corrected chi connectivity index (χ1v) is 14.1. The van der Waals surface area contributed by atoms with Crippen molar-refractivity contribution >= 4 is 22.3 Å². The van der Waals surface area contributed by atoms with Crippen molar-refractivity contribution in [1.82, 2.24) is 19.7 Å². The van der Waals surface area contributed by atoms with Crippen molar-refractivity contribution < 1.29 is 9.53 Å². The molecule has 2 aromatic heterocycles. The van der Waals surface area contributed by atoms with E-state index >= 15 is 0 Å². The average Bonchev–Trinajstić information content (AvgIpc) is 3.40. The molecule has 0 aliphatic carbocycles. The number of aromatic nitrogens is 3. The third-order valence-electron chi connectivity index (χ3n) is 7.95. The van der Waals surface area contributed by atoms with E-state index in [-0.39, 0.29) is 5.91 Å². The topological polar surface area (TPSA) is 60.2 Å². The molecule has 0 radical (unpaired) electrons. The molecule has 6 heteroatoms. The van der Waals surface area contributed by atoms with Crippen molar-refractivity contribution in [1.29, 1.82) is 0 Å². The SMILES string of the molecule is C=C(C1=C(CC(=C)C2CCOCC2)CCN(C(C)=O)C1)c1ccc(C)c2cc(-c3cnn(C)c3)ncc12.CC. The molecule has 1 aromatic carbocycles. The largest absolute Gasteiger partial charge is 0.381 e. The lowest BCUT2D eigenvalue weighted by molar-refractivity contribution is -0.128. The highest BCUT2D eigenvalue weighted by atomic mass is 16.5. The van der Waals surface area contributed by atoms with Crippen LogP contribution in [0.3, 0.4) is 0 Å². The first-order chi connectivity index (χ1) is 18.8. The van der Waals surface area contributed by atoms with Crippen LogP contribution in [-0.2, 0) is 16.6 Å². The van der Waals surface area contributed by atoms with E-state index in [2.05, 4.69) is 43.4 Å². The van der Waals surface area contributed by atoms with Crippen LogP contribution in [0.25, 0.3) is 27.6 Å². The van der Waals surface area contributed by atoms with E-state index in [0.29, 0.717) is 12.5 Å². The zero-order chi connectivity index (χ0) is 28.1. The van der Waals surface area contributed by atoms with Crippen molar-refractivity contribution in [2.24, 2.45) is 13.0 Å². The summed E-state index contributed by atoms with van der Waals surface area (Å²) in [6, 6.07) is 6.45. The highest BCUT2D eigenvalue weighted by molar-refractivity contribution is 5.99. The quantitative estimate of drug-likeness (QED) is 0.328. The molecule has 0 unspecified atom stereocenters. The number of aryl methyl sites for hydroxylation is 2. The number of pyridine rings is 1. The fourth-order valence-electron chi connectivity index (χ4n) is 5.62. The zero-order valence-corrected chi connectivity index (χ0v) is 24.2. The van der Waals surface area contributed by atoms with E-state index in [9.17, 15) is 4.79 Å². The first-order valence-electron chi connectivity index (χ1n) is 14.1. The summed E-state index contributed by atoms with van der Waals surface area (Å²) in [7, 11) is 1.91. The van der Waals surface area contributed by atoms with Crippen molar-refractivity contribution in [3.05, 3.63) is 77.8 Å². The minimum atomic E-state index is 0.101. The van der Waals surface area contributed by atoms with E-state index < -0.39 is 0 Å². The summed E-state index contributed by atoms with van der Waals surface area (Å²) >= 11 is 0. The molecule has 0 saturated carbocycles. The lowest BCUT2D eigenvalue weighted by Crippen LogP contribution is -2.36. The predicted molar refractivity (Wildman–Crippen MR) is 160 cm³/mol. The maximum atomic E-state index is 12.3. The first kappa shape index (κ1) is 28.5. The fraction of sp³-hybridized carbons (Fsp3) is 0.424. The van der Waals surface area contributed by atoms with Crippen molar-refractivity contribution in [2.75, 3.05) is 26.3 Å². The molecule has 0 spiro atoms. The van der Waals surface area contributed by atoms with Gasteiger partial charge in [-0.3, -0.25) is 14.5 Å². The minimum absolute atomic E-state index is 0.101. The molecule has 1 fully saturated rings. The molecule has 2 aliphatic heterocycles. The molecule has 0 bridgehead atoms. The summed E-state index contributed by atoms with van der Waals surface area (Å²) in [6.45, 7) is 19.8. The van der Waals surface area contributed by atoms with E-state index in [1.807, 2.05) is 44.4 Å². The highest BCUT2D eigenvalue weighted by Crippen LogP contribution is 2.38. The number of hydrogen-bond acceptors (Lipinski definition) is 4. The van der Waals surface area contributed by atoms with Gasteiger partial charge in [0.2, 0.25) is 5.91 Å². The molecule has 5 rings (SSSR count).